The lowest BCUT2D eigenvalue weighted by molar-refractivity contribution is 0.113. The lowest BCUT2D eigenvalue weighted by Crippen LogP contribution is -2.43. The lowest BCUT2D eigenvalue weighted by atomic mass is 9.94. The molecule has 0 aromatic carbocycles. The van der Waals surface area contributed by atoms with E-state index in [0.29, 0.717) is 19.0 Å². The minimum Gasteiger partial charge on any atom is -0.465 e. The smallest absolute Gasteiger partial charge is 0.407 e. The summed E-state index contributed by atoms with van der Waals surface area (Å²) < 4.78 is 0. The molecule has 16 heavy (non-hydrogen) atoms. The molecule has 4 nitrogen and oxygen atoms in total. The van der Waals surface area contributed by atoms with Gasteiger partial charge >= 0.3 is 6.09 Å². The van der Waals surface area contributed by atoms with Crippen LogP contribution in [0.2, 0.25) is 0 Å². The van der Waals surface area contributed by atoms with Crippen molar-refractivity contribution >= 4 is 6.09 Å². The Hall–Kier alpha value is -0.770. The molecule has 1 saturated heterocycles. The van der Waals surface area contributed by atoms with E-state index >= 15 is 0 Å². The summed E-state index contributed by atoms with van der Waals surface area (Å²) in [5.74, 6) is 0.479. The van der Waals surface area contributed by atoms with Gasteiger partial charge < -0.3 is 15.3 Å². The summed E-state index contributed by atoms with van der Waals surface area (Å²) in [6.45, 7) is 9.52. The number of amides is 1. The Morgan fingerprint density at radius 2 is 2.19 bits per heavy atom. The normalized spacial score (nSPS) is 21.8. The van der Waals surface area contributed by atoms with Crippen molar-refractivity contribution < 1.29 is 9.90 Å². The molecule has 1 fully saturated rings. The second kappa shape index (κ2) is 5.53. The number of rotatable bonds is 3. The maximum Gasteiger partial charge on any atom is 0.407 e. The van der Waals surface area contributed by atoms with Crippen molar-refractivity contribution in [3.05, 3.63) is 0 Å². The van der Waals surface area contributed by atoms with E-state index in [9.17, 15) is 9.90 Å². The van der Waals surface area contributed by atoms with Gasteiger partial charge in [0.25, 0.3) is 0 Å². The fourth-order valence-electron chi connectivity index (χ4n) is 2.17. The highest BCUT2D eigenvalue weighted by atomic mass is 16.4. The van der Waals surface area contributed by atoms with Crippen LogP contribution in [-0.2, 0) is 0 Å². The Kier molecular flexibility index (Phi) is 4.59. The minimum atomic E-state index is -0.791. The Labute approximate surface area is 98.0 Å². The SMILES string of the molecule is CC(C)(C)CN(CC1CCCNC1)C(=O)O. The van der Waals surface area contributed by atoms with Crippen molar-refractivity contribution in [2.45, 2.75) is 33.6 Å². The Morgan fingerprint density at radius 1 is 1.50 bits per heavy atom. The quantitative estimate of drug-likeness (QED) is 0.777. The van der Waals surface area contributed by atoms with E-state index in [-0.39, 0.29) is 5.41 Å². The van der Waals surface area contributed by atoms with Gasteiger partial charge in [0.05, 0.1) is 0 Å². The molecule has 1 unspecified atom stereocenters. The van der Waals surface area contributed by atoms with Gasteiger partial charge in [-0.15, -0.1) is 0 Å². The Morgan fingerprint density at radius 3 is 2.62 bits per heavy atom. The van der Waals surface area contributed by atoms with Crippen LogP contribution in [-0.4, -0.2) is 42.3 Å². The fourth-order valence-corrected chi connectivity index (χ4v) is 2.17. The molecular weight excluding hydrogens is 204 g/mol. The highest BCUT2D eigenvalue weighted by Gasteiger charge is 2.24. The van der Waals surface area contributed by atoms with Crippen LogP contribution in [0.25, 0.3) is 0 Å². The van der Waals surface area contributed by atoms with Gasteiger partial charge in [0, 0.05) is 13.1 Å². The molecule has 0 saturated carbocycles. The third kappa shape index (κ3) is 4.84. The van der Waals surface area contributed by atoms with Crippen LogP contribution in [0.15, 0.2) is 0 Å². The van der Waals surface area contributed by atoms with Gasteiger partial charge in [-0.2, -0.15) is 0 Å². The number of nitrogens with zero attached hydrogens (tertiary/aromatic N) is 1. The molecule has 94 valence electrons. The summed E-state index contributed by atoms with van der Waals surface area (Å²) >= 11 is 0. The third-order valence-corrected chi connectivity index (χ3v) is 2.81. The van der Waals surface area contributed by atoms with Crippen molar-refractivity contribution in [1.82, 2.24) is 10.2 Å². The van der Waals surface area contributed by atoms with Gasteiger partial charge in [-0.1, -0.05) is 20.8 Å². The molecule has 2 N–H and O–H groups in total. The molecular formula is C12H24N2O2. The molecule has 0 aromatic heterocycles. The zero-order valence-corrected chi connectivity index (χ0v) is 10.6. The van der Waals surface area contributed by atoms with Gasteiger partial charge in [0.15, 0.2) is 0 Å². The van der Waals surface area contributed by atoms with E-state index in [1.165, 1.54) is 0 Å². The van der Waals surface area contributed by atoms with Crippen molar-refractivity contribution in [1.29, 1.82) is 0 Å². The predicted molar refractivity (Wildman–Crippen MR) is 64.6 cm³/mol. The minimum absolute atomic E-state index is 0.0283. The Bertz CT molecular complexity index is 230. The van der Waals surface area contributed by atoms with Crippen LogP contribution in [0.4, 0.5) is 4.79 Å². The van der Waals surface area contributed by atoms with E-state index < -0.39 is 6.09 Å². The van der Waals surface area contributed by atoms with E-state index in [4.69, 9.17) is 0 Å². The van der Waals surface area contributed by atoms with Crippen molar-refractivity contribution in [2.24, 2.45) is 11.3 Å². The molecule has 0 spiro atoms. The highest BCUT2D eigenvalue weighted by molar-refractivity contribution is 5.65. The maximum absolute atomic E-state index is 11.2. The molecule has 4 heteroatoms. The van der Waals surface area contributed by atoms with E-state index in [2.05, 4.69) is 26.1 Å². The first-order valence-corrected chi connectivity index (χ1v) is 6.07. The zero-order chi connectivity index (χ0) is 12.2. The second-order valence-electron chi connectivity index (χ2n) is 5.94. The molecule has 1 rings (SSSR count). The van der Waals surface area contributed by atoms with Crippen molar-refractivity contribution in [3.8, 4) is 0 Å². The largest absolute Gasteiger partial charge is 0.465 e. The van der Waals surface area contributed by atoms with Crippen LogP contribution < -0.4 is 5.32 Å². The van der Waals surface area contributed by atoms with Crippen LogP contribution in [0.1, 0.15) is 33.6 Å². The number of carbonyl (C=O) groups is 1. The van der Waals surface area contributed by atoms with Crippen LogP contribution in [0, 0.1) is 11.3 Å². The molecule has 1 aliphatic heterocycles. The van der Waals surface area contributed by atoms with Gasteiger partial charge in [-0.25, -0.2) is 4.79 Å². The zero-order valence-electron chi connectivity index (χ0n) is 10.6. The van der Waals surface area contributed by atoms with Crippen molar-refractivity contribution in [2.75, 3.05) is 26.2 Å². The average Bonchev–Trinajstić information content (AvgIpc) is 2.16. The average molecular weight is 228 g/mol. The Balaban J connectivity index is 2.47. The summed E-state index contributed by atoms with van der Waals surface area (Å²) in [5.41, 5.74) is 0.0283. The number of carboxylic acid groups (broad SMARTS) is 1. The summed E-state index contributed by atoms with van der Waals surface area (Å²) in [6.07, 6.45) is 1.51. The molecule has 1 atom stereocenters. The van der Waals surface area contributed by atoms with E-state index in [1.54, 1.807) is 4.90 Å². The number of nitrogens with one attached hydrogen (secondary N) is 1. The van der Waals surface area contributed by atoms with Crippen molar-refractivity contribution in [3.63, 3.8) is 0 Å². The molecule has 0 aromatic rings. The number of hydrogen-bond donors (Lipinski definition) is 2. The number of piperidine rings is 1. The predicted octanol–water partition coefficient (Wildman–Crippen LogP) is 2.01. The van der Waals surface area contributed by atoms with Gasteiger partial charge in [0.2, 0.25) is 0 Å². The van der Waals surface area contributed by atoms with E-state index in [0.717, 1.165) is 25.9 Å². The monoisotopic (exact) mass is 228 g/mol. The second-order valence-corrected chi connectivity index (χ2v) is 5.94. The molecule has 0 radical (unpaired) electrons. The maximum atomic E-state index is 11.2. The molecule has 1 aliphatic rings. The molecule has 0 aliphatic carbocycles. The summed E-state index contributed by atoms with van der Waals surface area (Å²) in [4.78, 5) is 12.7. The summed E-state index contributed by atoms with van der Waals surface area (Å²) in [6, 6.07) is 0. The molecule has 1 heterocycles. The molecule has 1 amide bonds. The van der Waals surface area contributed by atoms with Gasteiger partial charge in [-0.3, -0.25) is 0 Å². The number of hydrogen-bond acceptors (Lipinski definition) is 2. The fraction of sp³-hybridized carbons (Fsp3) is 0.917. The van der Waals surface area contributed by atoms with E-state index in [1.807, 2.05) is 0 Å². The summed E-state index contributed by atoms with van der Waals surface area (Å²) in [5, 5.41) is 12.5. The van der Waals surface area contributed by atoms with Crippen LogP contribution >= 0.6 is 0 Å². The topological polar surface area (TPSA) is 52.6 Å². The summed E-state index contributed by atoms with van der Waals surface area (Å²) in [7, 11) is 0. The molecule has 0 bridgehead atoms. The first-order valence-electron chi connectivity index (χ1n) is 6.07. The van der Waals surface area contributed by atoms with Gasteiger partial charge in [-0.05, 0) is 37.3 Å². The first-order chi connectivity index (χ1) is 7.38. The van der Waals surface area contributed by atoms with Crippen LogP contribution in [0.3, 0.4) is 0 Å². The van der Waals surface area contributed by atoms with Crippen LogP contribution in [0.5, 0.6) is 0 Å². The van der Waals surface area contributed by atoms with Gasteiger partial charge in [0.1, 0.15) is 0 Å². The standard InChI is InChI=1S/C12H24N2O2/c1-12(2,3)9-14(11(15)16)8-10-5-4-6-13-7-10/h10,13H,4-9H2,1-3H3,(H,15,16). The first kappa shape index (κ1) is 13.3. The third-order valence-electron chi connectivity index (χ3n) is 2.81. The highest BCUT2D eigenvalue weighted by Crippen LogP contribution is 2.18. The lowest BCUT2D eigenvalue weighted by Gasteiger charge is -2.32.